The van der Waals surface area contributed by atoms with Crippen molar-refractivity contribution in [2.24, 2.45) is 0 Å². The van der Waals surface area contributed by atoms with E-state index in [4.69, 9.17) is 17.3 Å². The van der Waals surface area contributed by atoms with Crippen LogP contribution >= 0.6 is 11.6 Å². The number of fused-ring (bicyclic) bond motifs is 1. The van der Waals surface area contributed by atoms with E-state index in [2.05, 4.69) is 24.0 Å². The highest BCUT2D eigenvalue weighted by Crippen LogP contribution is 2.33. The van der Waals surface area contributed by atoms with E-state index in [0.29, 0.717) is 11.0 Å². The zero-order valence-electron chi connectivity index (χ0n) is 11.3. The number of benzene rings is 2. The Kier molecular flexibility index (Phi) is 3.36. The second kappa shape index (κ2) is 5.17. The third-order valence-electron chi connectivity index (χ3n) is 3.57. The smallest absolute Gasteiger partial charge is 0.201 e. The number of rotatable bonds is 3. The first-order valence-electron chi connectivity index (χ1n) is 6.69. The Hall–Kier alpha value is -2.00. The third kappa shape index (κ3) is 2.04. The van der Waals surface area contributed by atoms with E-state index in [0.717, 1.165) is 17.5 Å². The Morgan fingerprint density at radius 2 is 1.90 bits per heavy atom. The van der Waals surface area contributed by atoms with Crippen LogP contribution in [0.4, 0.5) is 5.95 Å². The fourth-order valence-electron chi connectivity index (χ4n) is 2.68. The van der Waals surface area contributed by atoms with E-state index in [1.807, 2.05) is 41.0 Å². The zero-order chi connectivity index (χ0) is 14.1. The number of hydrogen-bond donors (Lipinski definition) is 1. The summed E-state index contributed by atoms with van der Waals surface area (Å²) >= 11 is 6.35. The summed E-state index contributed by atoms with van der Waals surface area (Å²) in [5.41, 5.74) is 9.08. The minimum absolute atomic E-state index is 0.140. The average Bonchev–Trinajstić information content (AvgIpc) is 2.79. The van der Waals surface area contributed by atoms with Gasteiger partial charge in [-0.3, -0.25) is 0 Å². The highest BCUT2D eigenvalue weighted by atomic mass is 35.5. The van der Waals surface area contributed by atoms with Crippen molar-refractivity contribution >= 4 is 28.6 Å². The first-order valence-corrected chi connectivity index (χ1v) is 7.07. The molecule has 4 heteroatoms. The number of aromatic nitrogens is 2. The van der Waals surface area contributed by atoms with Gasteiger partial charge in [-0.15, -0.1) is 0 Å². The quantitative estimate of drug-likeness (QED) is 0.781. The molecule has 1 aromatic heterocycles. The molecule has 0 spiro atoms. The summed E-state index contributed by atoms with van der Waals surface area (Å²) in [6, 6.07) is 16.1. The molecule has 2 aromatic carbocycles. The Balaban J connectivity index is 2.25. The fourth-order valence-corrected chi connectivity index (χ4v) is 2.94. The number of hydrogen-bond acceptors (Lipinski definition) is 2. The van der Waals surface area contributed by atoms with Crippen molar-refractivity contribution < 1.29 is 0 Å². The van der Waals surface area contributed by atoms with E-state index < -0.39 is 0 Å². The topological polar surface area (TPSA) is 43.8 Å². The molecule has 0 aliphatic rings. The van der Waals surface area contributed by atoms with Gasteiger partial charge in [0, 0.05) is 0 Å². The fraction of sp³-hybridized carbons (Fsp3) is 0.188. The van der Waals surface area contributed by atoms with Crippen LogP contribution in [0.25, 0.3) is 11.0 Å². The lowest BCUT2D eigenvalue weighted by Crippen LogP contribution is -2.12. The predicted molar refractivity (Wildman–Crippen MR) is 84.0 cm³/mol. The van der Waals surface area contributed by atoms with Crippen molar-refractivity contribution in [1.29, 1.82) is 0 Å². The van der Waals surface area contributed by atoms with Gasteiger partial charge in [0.05, 0.1) is 22.1 Å². The van der Waals surface area contributed by atoms with Crippen LogP contribution in [0, 0.1) is 0 Å². The molecule has 0 saturated carbocycles. The normalized spacial score (nSPS) is 12.7. The van der Waals surface area contributed by atoms with Crippen molar-refractivity contribution in [2.75, 3.05) is 5.73 Å². The monoisotopic (exact) mass is 285 g/mol. The summed E-state index contributed by atoms with van der Waals surface area (Å²) in [5.74, 6) is 0.504. The maximum absolute atomic E-state index is 6.35. The number of nitrogens with zero attached hydrogens (tertiary/aromatic N) is 2. The molecule has 3 nitrogen and oxygen atoms in total. The van der Waals surface area contributed by atoms with Gasteiger partial charge < -0.3 is 10.3 Å². The summed E-state index contributed by atoms with van der Waals surface area (Å²) in [7, 11) is 0. The number of nitrogens with two attached hydrogens (primary N) is 1. The summed E-state index contributed by atoms with van der Waals surface area (Å²) < 4.78 is 2.03. The van der Waals surface area contributed by atoms with Crippen LogP contribution in [0.2, 0.25) is 5.02 Å². The van der Waals surface area contributed by atoms with E-state index in [9.17, 15) is 0 Å². The highest BCUT2D eigenvalue weighted by Gasteiger charge is 2.19. The minimum atomic E-state index is 0.140. The largest absolute Gasteiger partial charge is 0.369 e. The molecule has 2 N–H and O–H groups in total. The molecular formula is C16H16ClN3. The predicted octanol–water partition coefficient (Wildman–Crippen LogP) is 4.27. The van der Waals surface area contributed by atoms with Crippen molar-refractivity contribution in [1.82, 2.24) is 9.55 Å². The molecule has 0 fully saturated rings. The third-order valence-corrected chi connectivity index (χ3v) is 3.88. The standard InChI is InChI=1S/C16H16ClN3/c1-2-14(11-7-4-3-5-8-11)20-15-12(17)9-6-10-13(15)19-16(20)18/h3-10,14H,2H2,1H3,(H2,18,19). The summed E-state index contributed by atoms with van der Waals surface area (Å²) in [4.78, 5) is 4.42. The molecule has 0 aliphatic carbocycles. The lowest BCUT2D eigenvalue weighted by Gasteiger charge is -2.20. The van der Waals surface area contributed by atoms with Crippen LogP contribution in [-0.4, -0.2) is 9.55 Å². The molecule has 0 aliphatic heterocycles. The molecule has 1 heterocycles. The number of nitrogen functional groups attached to an aromatic ring is 1. The molecule has 1 unspecified atom stereocenters. The van der Waals surface area contributed by atoms with Gasteiger partial charge in [-0.05, 0) is 24.1 Å². The Labute approximate surface area is 123 Å². The second-order valence-corrected chi connectivity index (χ2v) is 5.19. The summed E-state index contributed by atoms with van der Waals surface area (Å²) in [6.07, 6.45) is 0.922. The van der Waals surface area contributed by atoms with Crippen molar-refractivity contribution in [3.05, 3.63) is 59.1 Å². The Morgan fingerprint density at radius 1 is 1.15 bits per heavy atom. The van der Waals surface area contributed by atoms with Gasteiger partial charge in [-0.25, -0.2) is 4.98 Å². The van der Waals surface area contributed by atoms with E-state index >= 15 is 0 Å². The number of anilines is 1. The summed E-state index contributed by atoms with van der Waals surface area (Å²) in [6.45, 7) is 2.14. The van der Waals surface area contributed by atoms with Gasteiger partial charge in [0.15, 0.2) is 0 Å². The molecule has 3 aromatic rings. The molecule has 20 heavy (non-hydrogen) atoms. The van der Waals surface area contributed by atoms with Crippen LogP contribution in [0.5, 0.6) is 0 Å². The molecular weight excluding hydrogens is 270 g/mol. The average molecular weight is 286 g/mol. The van der Waals surface area contributed by atoms with Crippen LogP contribution in [0.3, 0.4) is 0 Å². The Morgan fingerprint density at radius 3 is 2.60 bits per heavy atom. The van der Waals surface area contributed by atoms with Gasteiger partial charge in [0.1, 0.15) is 0 Å². The van der Waals surface area contributed by atoms with Crippen LogP contribution in [-0.2, 0) is 0 Å². The maximum Gasteiger partial charge on any atom is 0.201 e. The zero-order valence-corrected chi connectivity index (χ0v) is 12.0. The molecule has 0 bridgehead atoms. The molecule has 1 atom stereocenters. The van der Waals surface area contributed by atoms with E-state index in [-0.39, 0.29) is 6.04 Å². The molecule has 3 rings (SSSR count). The minimum Gasteiger partial charge on any atom is -0.369 e. The number of para-hydroxylation sites is 1. The highest BCUT2D eigenvalue weighted by molar-refractivity contribution is 6.35. The second-order valence-electron chi connectivity index (χ2n) is 4.78. The SMILES string of the molecule is CCC(c1ccccc1)n1c(N)nc2cccc(Cl)c21. The van der Waals surface area contributed by atoms with Gasteiger partial charge >= 0.3 is 0 Å². The molecule has 102 valence electrons. The Bertz CT molecular complexity index is 734. The maximum atomic E-state index is 6.35. The van der Waals surface area contributed by atoms with E-state index in [1.165, 1.54) is 5.56 Å². The van der Waals surface area contributed by atoms with Crippen LogP contribution < -0.4 is 5.73 Å². The van der Waals surface area contributed by atoms with Gasteiger partial charge in [-0.1, -0.05) is 54.9 Å². The number of halogens is 1. The van der Waals surface area contributed by atoms with Gasteiger partial charge in [-0.2, -0.15) is 0 Å². The molecule has 0 saturated heterocycles. The number of imidazole rings is 1. The lowest BCUT2D eigenvalue weighted by atomic mass is 10.0. The first kappa shape index (κ1) is 13.0. The summed E-state index contributed by atoms with van der Waals surface area (Å²) in [5, 5.41) is 0.682. The van der Waals surface area contributed by atoms with Crippen molar-refractivity contribution in [2.45, 2.75) is 19.4 Å². The molecule has 0 amide bonds. The lowest BCUT2D eigenvalue weighted by molar-refractivity contribution is 0.589. The molecule has 0 radical (unpaired) electrons. The van der Waals surface area contributed by atoms with E-state index in [1.54, 1.807) is 0 Å². The van der Waals surface area contributed by atoms with Crippen molar-refractivity contribution in [3.63, 3.8) is 0 Å². The van der Waals surface area contributed by atoms with Gasteiger partial charge in [0.2, 0.25) is 5.95 Å². The van der Waals surface area contributed by atoms with Crippen LogP contribution in [0.1, 0.15) is 24.9 Å². The van der Waals surface area contributed by atoms with Crippen molar-refractivity contribution in [3.8, 4) is 0 Å². The van der Waals surface area contributed by atoms with Crippen LogP contribution in [0.15, 0.2) is 48.5 Å². The first-order chi connectivity index (χ1) is 9.72. The van der Waals surface area contributed by atoms with Gasteiger partial charge in [0.25, 0.3) is 0 Å².